The van der Waals surface area contributed by atoms with E-state index >= 15 is 0 Å². The third-order valence-corrected chi connectivity index (χ3v) is 4.28. The molecule has 1 heterocycles. The summed E-state index contributed by atoms with van der Waals surface area (Å²) < 4.78 is 31.5. The van der Waals surface area contributed by atoms with Crippen LogP contribution in [-0.4, -0.2) is 6.29 Å². The van der Waals surface area contributed by atoms with E-state index in [1.165, 1.54) is 12.1 Å². The monoisotopic (exact) mass is 364 g/mol. The van der Waals surface area contributed by atoms with Gasteiger partial charge in [-0.25, -0.2) is 4.39 Å². The molecule has 0 fully saturated rings. The minimum absolute atomic E-state index is 0.115. The number of fused-ring (bicyclic) bond motifs is 1. The van der Waals surface area contributed by atoms with E-state index in [1.807, 2.05) is 30.3 Å². The maximum Gasteiger partial charge on any atom is 0.227 e. The Bertz CT molecular complexity index is 956. The van der Waals surface area contributed by atoms with Crippen molar-refractivity contribution in [1.82, 2.24) is 0 Å². The number of hydrogen-bond donors (Lipinski definition) is 0. The number of carbonyl (C=O) groups excluding carboxylic acids is 1. The number of benzene rings is 3. The van der Waals surface area contributed by atoms with Gasteiger partial charge in [0.1, 0.15) is 30.2 Å². The molecule has 0 unspecified atom stereocenters. The summed E-state index contributed by atoms with van der Waals surface area (Å²) in [6, 6.07) is 19.2. The zero-order valence-corrected chi connectivity index (χ0v) is 14.4. The number of rotatable bonds is 5. The van der Waals surface area contributed by atoms with Crippen molar-refractivity contribution in [1.29, 1.82) is 0 Å². The molecule has 1 aliphatic heterocycles. The fourth-order valence-electron chi connectivity index (χ4n) is 3.00. The van der Waals surface area contributed by atoms with Crippen LogP contribution >= 0.6 is 0 Å². The van der Waals surface area contributed by atoms with Crippen molar-refractivity contribution in [2.24, 2.45) is 0 Å². The van der Waals surface area contributed by atoms with Crippen LogP contribution in [0.1, 0.15) is 33.3 Å². The number of hydrogen-bond acceptors (Lipinski definition) is 4. The van der Waals surface area contributed by atoms with Gasteiger partial charge in [0, 0.05) is 22.3 Å². The molecule has 0 aromatic heterocycles. The van der Waals surface area contributed by atoms with E-state index in [0.29, 0.717) is 28.2 Å². The van der Waals surface area contributed by atoms with Crippen molar-refractivity contribution in [2.45, 2.75) is 19.5 Å². The Morgan fingerprint density at radius 3 is 2.74 bits per heavy atom. The first-order valence-electron chi connectivity index (χ1n) is 8.55. The zero-order valence-electron chi connectivity index (χ0n) is 14.4. The van der Waals surface area contributed by atoms with E-state index in [1.54, 1.807) is 24.3 Å². The molecule has 0 saturated carbocycles. The highest BCUT2D eigenvalue weighted by Crippen LogP contribution is 2.37. The summed E-state index contributed by atoms with van der Waals surface area (Å²) in [4.78, 5) is 10.9. The third-order valence-electron chi connectivity index (χ3n) is 4.28. The van der Waals surface area contributed by atoms with E-state index in [9.17, 15) is 9.18 Å². The predicted octanol–water partition coefficient (Wildman–Crippen LogP) is 4.83. The molecule has 0 radical (unpaired) electrons. The fraction of sp³-hybridized carbons (Fsp3) is 0.136. The Morgan fingerprint density at radius 2 is 1.93 bits per heavy atom. The summed E-state index contributed by atoms with van der Waals surface area (Å²) in [7, 11) is 0. The van der Waals surface area contributed by atoms with Gasteiger partial charge in [0.25, 0.3) is 0 Å². The molecule has 0 N–H and O–H groups in total. The van der Waals surface area contributed by atoms with Crippen LogP contribution in [0.2, 0.25) is 0 Å². The lowest BCUT2D eigenvalue weighted by atomic mass is 10.1. The third kappa shape index (κ3) is 3.83. The normalized spacial score (nSPS) is 15.5. The highest BCUT2D eigenvalue weighted by Gasteiger charge is 2.25. The highest BCUT2D eigenvalue weighted by molar-refractivity contribution is 5.75. The minimum Gasteiger partial charge on any atom is -0.489 e. The minimum atomic E-state index is -0.554. The van der Waals surface area contributed by atoms with Crippen LogP contribution < -0.4 is 9.47 Å². The molecule has 0 aliphatic carbocycles. The van der Waals surface area contributed by atoms with Crippen LogP contribution in [0.4, 0.5) is 4.39 Å². The van der Waals surface area contributed by atoms with Gasteiger partial charge in [0.05, 0.1) is 6.61 Å². The molecular formula is C22H17FO4. The topological polar surface area (TPSA) is 44.8 Å². The van der Waals surface area contributed by atoms with Gasteiger partial charge in [-0.1, -0.05) is 42.5 Å². The Hall–Kier alpha value is -3.18. The van der Waals surface area contributed by atoms with Crippen molar-refractivity contribution in [3.8, 4) is 11.5 Å². The number of halogens is 1. The van der Waals surface area contributed by atoms with E-state index in [4.69, 9.17) is 14.2 Å². The molecule has 1 aliphatic rings. The van der Waals surface area contributed by atoms with Gasteiger partial charge < -0.3 is 14.2 Å². The molecular weight excluding hydrogens is 347 g/mol. The second-order valence-corrected chi connectivity index (χ2v) is 6.20. The Kier molecular flexibility index (Phi) is 4.85. The second-order valence-electron chi connectivity index (χ2n) is 6.20. The average Bonchev–Trinajstić information content (AvgIpc) is 2.72. The summed E-state index contributed by atoms with van der Waals surface area (Å²) in [5.74, 6) is 0.728. The van der Waals surface area contributed by atoms with Gasteiger partial charge in [-0.3, -0.25) is 4.79 Å². The molecule has 1 atom stereocenters. The molecule has 0 bridgehead atoms. The van der Waals surface area contributed by atoms with E-state index < -0.39 is 6.29 Å². The van der Waals surface area contributed by atoms with Crippen LogP contribution in [0.25, 0.3) is 0 Å². The average molecular weight is 364 g/mol. The molecule has 4 rings (SSSR count). The Labute approximate surface area is 156 Å². The molecule has 4 nitrogen and oxygen atoms in total. The first-order chi connectivity index (χ1) is 13.2. The van der Waals surface area contributed by atoms with Crippen molar-refractivity contribution in [3.05, 3.63) is 94.8 Å². The van der Waals surface area contributed by atoms with E-state index in [2.05, 4.69) is 0 Å². The largest absolute Gasteiger partial charge is 0.489 e. The first kappa shape index (κ1) is 17.2. The van der Waals surface area contributed by atoms with Crippen LogP contribution in [0, 0.1) is 5.82 Å². The van der Waals surface area contributed by atoms with Gasteiger partial charge in [-0.2, -0.15) is 0 Å². The zero-order chi connectivity index (χ0) is 18.6. The van der Waals surface area contributed by atoms with Crippen molar-refractivity contribution < 1.29 is 23.4 Å². The summed E-state index contributed by atoms with van der Waals surface area (Å²) in [6.07, 6.45) is 0.197. The Balaban J connectivity index is 1.58. The molecule has 0 spiro atoms. The summed E-state index contributed by atoms with van der Waals surface area (Å²) >= 11 is 0. The van der Waals surface area contributed by atoms with Crippen LogP contribution in [0.15, 0.2) is 66.7 Å². The summed E-state index contributed by atoms with van der Waals surface area (Å²) in [6.45, 7) is 0.365. The molecule has 27 heavy (non-hydrogen) atoms. The van der Waals surface area contributed by atoms with E-state index in [0.717, 1.165) is 11.8 Å². The first-order valence-corrected chi connectivity index (χ1v) is 8.55. The van der Waals surface area contributed by atoms with Crippen LogP contribution in [-0.2, 0) is 18.0 Å². The predicted molar refractivity (Wildman–Crippen MR) is 97.2 cm³/mol. The SMILES string of the molecule is O=Cc1cccc(OCc2cc(F)cc3c2O[C@@H](c2ccccc2)OC3)c1. The lowest BCUT2D eigenvalue weighted by Gasteiger charge is -2.28. The molecule has 5 heteroatoms. The molecule has 136 valence electrons. The molecule has 0 amide bonds. The van der Waals surface area contributed by atoms with Crippen molar-refractivity contribution >= 4 is 6.29 Å². The van der Waals surface area contributed by atoms with E-state index in [-0.39, 0.29) is 19.0 Å². The lowest BCUT2D eigenvalue weighted by molar-refractivity contribution is -0.112. The van der Waals surface area contributed by atoms with Gasteiger partial charge >= 0.3 is 0 Å². The van der Waals surface area contributed by atoms with Crippen molar-refractivity contribution in [2.75, 3.05) is 0 Å². The summed E-state index contributed by atoms with van der Waals surface area (Å²) in [5, 5.41) is 0. The maximum atomic E-state index is 14.0. The molecule has 3 aromatic rings. The quantitative estimate of drug-likeness (QED) is 0.609. The maximum absolute atomic E-state index is 14.0. The van der Waals surface area contributed by atoms with Crippen LogP contribution in [0.5, 0.6) is 11.5 Å². The number of carbonyl (C=O) groups is 1. The molecule has 3 aromatic carbocycles. The smallest absolute Gasteiger partial charge is 0.227 e. The van der Waals surface area contributed by atoms with Gasteiger partial charge in [-0.15, -0.1) is 0 Å². The number of ether oxygens (including phenoxy) is 3. The Morgan fingerprint density at radius 1 is 1.07 bits per heavy atom. The number of aldehydes is 1. The van der Waals surface area contributed by atoms with Crippen LogP contribution in [0.3, 0.4) is 0 Å². The lowest BCUT2D eigenvalue weighted by Crippen LogP contribution is -2.19. The molecule has 0 saturated heterocycles. The van der Waals surface area contributed by atoms with Gasteiger partial charge in [0.2, 0.25) is 6.29 Å². The standard InChI is InChI=1S/C22H17FO4/c23-19-10-17(13-25-20-8-4-5-15(9-20)12-24)21-18(11-19)14-26-22(27-21)16-6-2-1-3-7-16/h1-12,22H,13-14H2/t22-/m0/s1. The summed E-state index contributed by atoms with van der Waals surface area (Å²) in [5.41, 5.74) is 2.63. The fourth-order valence-corrected chi connectivity index (χ4v) is 3.00. The highest BCUT2D eigenvalue weighted by atomic mass is 19.1. The van der Waals surface area contributed by atoms with Gasteiger partial charge in [-0.05, 0) is 24.3 Å². The van der Waals surface area contributed by atoms with Crippen molar-refractivity contribution in [3.63, 3.8) is 0 Å². The second kappa shape index (κ2) is 7.60. The van der Waals surface area contributed by atoms with Gasteiger partial charge in [0.15, 0.2) is 0 Å².